The summed E-state index contributed by atoms with van der Waals surface area (Å²) >= 11 is 1.70. The van der Waals surface area contributed by atoms with E-state index in [1.807, 2.05) is 30.3 Å². The van der Waals surface area contributed by atoms with Crippen molar-refractivity contribution in [1.82, 2.24) is 10.2 Å². The first-order valence-corrected chi connectivity index (χ1v) is 9.31. The van der Waals surface area contributed by atoms with Crippen LogP contribution in [0.3, 0.4) is 0 Å². The number of rotatable bonds is 8. The Kier molecular flexibility index (Phi) is 7.91. The molecule has 1 saturated heterocycles. The standard InChI is InChI=1S/C17H24N2O4S/c20-10-5-4-8-15(16(21)19-9-11-24-13-19)18-17(22)23-12-14-6-2-1-3-7-14/h1-3,6-7,15,20H,4-5,8-13H2,(H,18,22). The number of thioether (sulfide) groups is 1. The van der Waals surface area contributed by atoms with E-state index in [0.717, 1.165) is 11.3 Å². The normalized spacial score (nSPS) is 15.1. The Labute approximate surface area is 146 Å². The molecule has 1 atom stereocenters. The van der Waals surface area contributed by atoms with Gasteiger partial charge in [0.15, 0.2) is 0 Å². The molecular weight excluding hydrogens is 328 g/mol. The van der Waals surface area contributed by atoms with Crippen LogP contribution in [0.1, 0.15) is 24.8 Å². The van der Waals surface area contributed by atoms with Gasteiger partial charge in [-0.1, -0.05) is 30.3 Å². The van der Waals surface area contributed by atoms with Gasteiger partial charge >= 0.3 is 6.09 Å². The summed E-state index contributed by atoms with van der Waals surface area (Å²) in [6.45, 7) is 0.962. The van der Waals surface area contributed by atoms with Gasteiger partial charge in [-0.15, -0.1) is 11.8 Å². The van der Waals surface area contributed by atoms with Crippen LogP contribution in [0.15, 0.2) is 30.3 Å². The maximum absolute atomic E-state index is 12.5. The van der Waals surface area contributed by atoms with Crippen LogP contribution in [0.2, 0.25) is 0 Å². The number of nitrogens with zero attached hydrogens (tertiary/aromatic N) is 1. The minimum absolute atomic E-state index is 0.0744. The van der Waals surface area contributed by atoms with Crippen molar-refractivity contribution in [2.75, 3.05) is 24.8 Å². The molecule has 1 unspecified atom stereocenters. The van der Waals surface area contributed by atoms with Gasteiger partial charge in [-0.05, 0) is 24.8 Å². The highest BCUT2D eigenvalue weighted by atomic mass is 32.2. The molecule has 132 valence electrons. The van der Waals surface area contributed by atoms with E-state index in [1.165, 1.54) is 0 Å². The van der Waals surface area contributed by atoms with E-state index in [1.54, 1.807) is 16.7 Å². The van der Waals surface area contributed by atoms with Gasteiger partial charge in [0, 0.05) is 18.9 Å². The number of benzene rings is 1. The molecule has 2 rings (SSSR count). The molecule has 1 aliphatic rings. The summed E-state index contributed by atoms with van der Waals surface area (Å²) in [7, 11) is 0. The number of ether oxygens (including phenoxy) is 1. The van der Waals surface area contributed by atoms with Crippen LogP contribution in [-0.4, -0.2) is 52.8 Å². The number of aliphatic hydroxyl groups excluding tert-OH is 1. The summed E-state index contributed by atoms with van der Waals surface area (Å²) in [5.74, 6) is 1.51. The van der Waals surface area contributed by atoms with Crippen molar-refractivity contribution in [3.8, 4) is 0 Å². The number of carbonyl (C=O) groups is 2. The molecule has 6 nitrogen and oxygen atoms in total. The summed E-state index contributed by atoms with van der Waals surface area (Å²) in [4.78, 5) is 26.3. The van der Waals surface area contributed by atoms with Crippen LogP contribution in [0.4, 0.5) is 4.79 Å². The first-order chi connectivity index (χ1) is 11.7. The largest absolute Gasteiger partial charge is 0.445 e. The average Bonchev–Trinajstić information content (AvgIpc) is 3.14. The van der Waals surface area contributed by atoms with Crippen LogP contribution in [-0.2, 0) is 16.1 Å². The topological polar surface area (TPSA) is 78.9 Å². The van der Waals surface area contributed by atoms with E-state index in [9.17, 15) is 9.59 Å². The van der Waals surface area contributed by atoms with Crippen molar-refractivity contribution in [2.24, 2.45) is 0 Å². The highest BCUT2D eigenvalue weighted by Gasteiger charge is 2.28. The number of carbonyl (C=O) groups excluding carboxylic acids is 2. The van der Waals surface area contributed by atoms with Crippen molar-refractivity contribution in [3.05, 3.63) is 35.9 Å². The Morgan fingerprint density at radius 3 is 2.75 bits per heavy atom. The third-order valence-corrected chi connectivity index (χ3v) is 4.73. The van der Waals surface area contributed by atoms with Crippen molar-refractivity contribution in [3.63, 3.8) is 0 Å². The van der Waals surface area contributed by atoms with E-state index >= 15 is 0 Å². The molecule has 0 spiro atoms. The second-order valence-electron chi connectivity index (χ2n) is 5.62. The van der Waals surface area contributed by atoms with Crippen molar-refractivity contribution >= 4 is 23.8 Å². The fourth-order valence-corrected chi connectivity index (χ4v) is 3.39. The van der Waals surface area contributed by atoms with Crippen LogP contribution >= 0.6 is 11.8 Å². The molecule has 2 N–H and O–H groups in total. The van der Waals surface area contributed by atoms with E-state index < -0.39 is 12.1 Å². The molecule has 1 aromatic rings. The summed E-state index contributed by atoms with van der Waals surface area (Å²) in [6, 6.07) is 8.80. The Hall–Kier alpha value is -1.73. The second kappa shape index (κ2) is 10.2. The molecule has 0 aromatic heterocycles. The molecule has 1 aliphatic heterocycles. The number of aliphatic hydroxyl groups is 1. The van der Waals surface area contributed by atoms with Gasteiger partial charge in [-0.25, -0.2) is 4.79 Å². The maximum Gasteiger partial charge on any atom is 0.408 e. The number of hydrogen-bond donors (Lipinski definition) is 2. The third kappa shape index (κ3) is 6.05. The second-order valence-corrected chi connectivity index (χ2v) is 6.69. The summed E-state index contributed by atoms with van der Waals surface area (Å²) in [5, 5.41) is 11.6. The summed E-state index contributed by atoms with van der Waals surface area (Å²) in [5.41, 5.74) is 0.895. The molecule has 0 bridgehead atoms. The lowest BCUT2D eigenvalue weighted by molar-refractivity contribution is -0.132. The van der Waals surface area contributed by atoms with Crippen LogP contribution in [0.5, 0.6) is 0 Å². The molecule has 0 aliphatic carbocycles. The molecule has 2 amide bonds. The first-order valence-electron chi connectivity index (χ1n) is 8.15. The fourth-order valence-electron chi connectivity index (χ4n) is 2.43. The summed E-state index contributed by atoms with van der Waals surface area (Å²) in [6.07, 6.45) is 1.20. The van der Waals surface area contributed by atoms with Gasteiger partial charge in [0.1, 0.15) is 12.6 Å². The zero-order chi connectivity index (χ0) is 17.2. The van der Waals surface area contributed by atoms with E-state index in [2.05, 4.69) is 5.32 Å². The van der Waals surface area contributed by atoms with Crippen LogP contribution < -0.4 is 5.32 Å². The minimum Gasteiger partial charge on any atom is -0.445 e. The number of alkyl carbamates (subject to hydrolysis) is 1. The highest BCUT2D eigenvalue weighted by molar-refractivity contribution is 7.99. The van der Waals surface area contributed by atoms with E-state index in [0.29, 0.717) is 31.7 Å². The molecule has 7 heteroatoms. The third-order valence-electron chi connectivity index (χ3n) is 3.77. The Morgan fingerprint density at radius 2 is 2.08 bits per heavy atom. The van der Waals surface area contributed by atoms with Crippen molar-refractivity contribution in [1.29, 1.82) is 0 Å². The van der Waals surface area contributed by atoms with Gasteiger partial charge in [0.2, 0.25) is 5.91 Å². The minimum atomic E-state index is -0.599. The number of nitrogens with one attached hydrogen (secondary N) is 1. The molecule has 0 saturated carbocycles. The predicted molar refractivity (Wildman–Crippen MR) is 93.5 cm³/mol. The maximum atomic E-state index is 12.5. The predicted octanol–water partition coefficient (Wildman–Crippen LogP) is 1.98. The van der Waals surface area contributed by atoms with Crippen molar-refractivity contribution < 1.29 is 19.4 Å². The summed E-state index contributed by atoms with van der Waals surface area (Å²) < 4.78 is 5.20. The Balaban J connectivity index is 1.85. The molecule has 1 heterocycles. The molecule has 1 fully saturated rings. The van der Waals surface area contributed by atoms with Gasteiger partial charge < -0.3 is 20.1 Å². The molecule has 1 aromatic carbocycles. The van der Waals surface area contributed by atoms with Crippen LogP contribution in [0.25, 0.3) is 0 Å². The lowest BCUT2D eigenvalue weighted by atomic mass is 10.1. The fraction of sp³-hybridized carbons (Fsp3) is 0.529. The smallest absolute Gasteiger partial charge is 0.408 e. The van der Waals surface area contributed by atoms with Crippen LogP contribution in [0, 0.1) is 0 Å². The van der Waals surface area contributed by atoms with E-state index in [-0.39, 0.29) is 19.1 Å². The zero-order valence-electron chi connectivity index (χ0n) is 13.6. The number of amides is 2. The molecule has 0 radical (unpaired) electrons. The SMILES string of the molecule is O=C(NC(CCCCO)C(=O)N1CCSC1)OCc1ccccc1. The monoisotopic (exact) mass is 352 g/mol. The van der Waals surface area contributed by atoms with Gasteiger partial charge in [-0.3, -0.25) is 4.79 Å². The van der Waals surface area contributed by atoms with Crippen molar-refractivity contribution in [2.45, 2.75) is 31.9 Å². The van der Waals surface area contributed by atoms with Gasteiger partial charge in [-0.2, -0.15) is 0 Å². The number of hydrogen-bond acceptors (Lipinski definition) is 5. The Morgan fingerprint density at radius 1 is 1.29 bits per heavy atom. The highest BCUT2D eigenvalue weighted by Crippen LogP contribution is 2.16. The van der Waals surface area contributed by atoms with Gasteiger partial charge in [0.05, 0.1) is 5.88 Å². The molecular formula is C17H24N2O4S. The Bertz CT molecular complexity index is 521. The average molecular weight is 352 g/mol. The zero-order valence-corrected chi connectivity index (χ0v) is 14.5. The lowest BCUT2D eigenvalue weighted by Gasteiger charge is -2.23. The van der Waals surface area contributed by atoms with E-state index in [4.69, 9.17) is 9.84 Å². The lowest BCUT2D eigenvalue weighted by Crippen LogP contribution is -2.47. The number of unbranched alkanes of at least 4 members (excludes halogenated alkanes) is 1. The quantitative estimate of drug-likeness (QED) is 0.700. The first kappa shape index (κ1) is 18.6. The van der Waals surface area contributed by atoms with Gasteiger partial charge in [0.25, 0.3) is 0 Å². The molecule has 24 heavy (non-hydrogen) atoms.